The minimum atomic E-state index is -0.529. The third-order valence-corrected chi connectivity index (χ3v) is 4.80. The second kappa shape index (κ2) is 5.80. The van der Waals surface area contributed by atoms with Gasteiger partial charge in [0, 0.05) is 16.1 Å². The fraction of sp³-hybridized carbons (Fsp3) is 0.625. The van der Waals surface area contributed by atoms with Gasteiger partial charge in [0.1, 0.15) is 5.82 Å². The molecule has 2 atom stereocenters. The van der Waals surface area contributed by atoms with Crippen molar-refractivity contribution in [2.75, 3.05) is 0 Å². The van der Waals surface area contributed by atoms with Crippen molar-refractivity contribution in [3.8, 4) is 0 Å². The molecule has 1 aliphatic carbocycles. The van der Waals surface area contributed by atoms with Crippen LogP contribution in [0.25, 0.3) is 0 Å². The molecule has 0 heterocycles. The van der Waals surface area contributed by atoms with E-state index in [1.807, 2.05) is 0 Å². The van der Waals surface area contributed by atoms with Crippen LogP contribution in [-0.2, 0) is 5.54 Å². The molecule has 0 bridgehead atoms. The van der Waals surface area contributed by atoms with Gasteiger partial charge in [-0.15, -0.1) is 0 Å². The Hall–Kier alpha value is -0.600. The highest BCUT2D eigenvalue weighted by atomic mass is 35.5. The fourth-order valence-corrected chi connectivity index (χ4v) is 3.38. The second-order valence-corrected chi connectivity index (χ2v) is 6.65. The van der Waals surface area contributed by atoms with Gasteiger partial charge in [0.2, 0.25) is 0 Å². The summed E-state index contributed by atoms with van der Waals surface area (Å²) in [6, 6.07) is 4.86. The molecule has 0 radical (unpaired) electrons. The van der Waals surface area contributed by atoms with E-state index in [1.165, 1.54) is 12.5 Å². The average molecular weight is 284 g/mol. The predicted octanol–water partition coefficient (Wildman–Crippen LogP) is 4.87. The summed E-state index contributed by atoms with van der Waals surface area (Å²) in [4.78, 5) is 0. The van der Waals surface area contributed by atoms with Crippen LogP contribution in [0.5, 0.6) is 0 Å². The van der Waals surface area contributed by atoms with E-state index in [2.05, 4.69) is 13.8 Å². The molecule has 0 aliphatic heterocycles. The van der Waals surface area contributed by atoms with Gasteiger partial charge in [-0.2, -0.15) is 0 Å². The summed E-state index contributed by atoms with van der Waals surface area (Å²) < 4.78 is 14.1. The minimum absolute atomic E-state index is 0.266. The Morgan fingerprint density at radius 1 is 1.32 bits per heavy atom. The van der Waals surface area contributed by atoms with Crippen molar-refractivity contribution in [3.05, 3.63) is 34.6 Å². The first-order chi connectivity index (χ1) is 8.92. The highest BCUT2D eigenvalue weighted by Crippen LogP contribution is 2.39. The molecule has 2 N–H and O–H groups in total. The van der Waals surface area contributed by atoms with Crippen LogP contribution in [0.1, 0.15) is 51.5 Å². The van der Waals surface area contributed by atoms with Gasteiger partial charge in [0.25, 0.3) is 0 Å². The first-order valence-electron chi connectivity index (χ1n) is 7.17. The maximum Gasteiger partial charge on any atom is 0.129 e. The summed E-state index contributed by atoms with van der Waals surface area (Å²) in [6.45, 7) is 4.52. The van der Waals surface area contributed by atoms with E-state index in [1.54, 1.807) is 12.1 Å². The monoisotopic (exact) mass is 283 g/mol. The Balaban J connectivity index is 2.22. The molecule has 1 saturated carbocycles. The Morgan fingerprint density at radius 2 is 2.05 bits per heavy atom. The molecule has 1 nitrogen and oxygen atoms in total. The van der Waals surface area contributed by atoms with E-state index >= 15 is 0 Å². The lowest BCUT2D eigenvalue weighted by molar-refractivity contribution is 0.321. The van der Waals surface area contributed by atoms with Gasteiger partial charge in [0.05, 0.1) is 0 Å². The Labute approximate surface area is 120 Å². The Morgan fingerprint density at radius 3 is 2.68 bits per heavy atom. The molecule has 0 saturated heterocycles. The van der Waals surface area contributed by atoms with Crippen molar-refractivity contribution in [2.24, 2.45) is 17.6 Å². The molecular weight excluding hydrogens is 261 g/mol. The summed E-state index contributed by atoms with van der Waals surface area (Å²) in [5.74, 6) is 1.12. The molecule has 1 aromatic carbocycles. The Kier molecular flexibility index (Phi) is 4.52. The van der Waals surface area contributed by atoms with Gasteiger partial charge in [-0.1, -0.05) is 44.4 Å². The van der Waals surface area contributed by atoms with E-state index in [0.717, 1.165) is 25.7 Å². The maximum absolute atomic E-state index is 14.1. The highest BCUT2D eigenvalue weighted by Gasteiger charge is 2.33. The van der Waals surface area contributed by atoms with Gasteiger partial charge in [-0.25, -0.2) is 4.39 Å². The smallest absolute Gasteiger partial charge is 0.129 e. The third kappa shape index (κ3) is 3.29. The van der Waals surface area contributed by atoms with Crippen molar-refractivity contribution >= 4 is 11.6 Å². The number of nitrogens with two attached hydrogens (primary N) is 1. The third-order valence-electron chi connectivity index (χ3n) is 4.57. The van der Waals surface area contributed by atoms with Crippen molar-refractivity contribution in [2.45, 2.75) is 51.5 Å². The van der Waals surface area contributed by atoms with E-state index in [9.17, 15) is 4.39 Å². The molecule has 2 unspecified atom stereocenters. The van der Waals surface area contributed by atoms with Crippen molar-refractivity contribution in [1.29, 1.82) is 0 Å². The summed E-state index contributed by atoms with van der Waals surface area (Å²) in [7, 11) is 0. The van der Waals surface area contributed by atoms with E-state index in [0.29, 0.717) is 22.4 Å². The summed E-state index contributed by atoms with van der Waals surface area (Å²) in [5.41, 5.74) is 6.61. The molecular formula is C16H23ClFN. The molecule has 106 valence electrons. The number of benzene rings is 1. The molecule has 0 spiro atoms. The van der Waals surface area contributed by atoms with Crippen LogP contribution in [0.3, 0.4) is 0 Å². The molecule has 0 aromatic heterocycles. The molecule has 1 aromatic rings. The predicted molar refractivity (Wildman–Crippen MR) is 78.7 cm³/mol. The lowest BCUT2D eigenvalue weighted by Gasteiger charge is -2.29. The molecule has 1 aliphatic rings. The van der Waals surface area contributed by atoms with E-state index in [4.69, 9.17) is 17.3 Å². The quantitative estimate of drug-likeness (QED) is 0.770. The summed E-state index contributed by atoms with van der Waals surface area (Å²) in [6.07, 6.45) is 5.06. The minimum Gasteiger partial charge on any atom is -0.321 e. The zero-order chi connectivity index (χ0) is 14.0. The highest BCUT2D eigenvalue weighted by molar-refractivity contribution is 6.30. The van der Waals surface area contributed by atoms with Crippen LogP contribution in [0, 0.1) is 17.7 Å². The van der Waals surface area contributed by atoms with E-state index in [-0.39, 0.29) is 5.82 Å². The standard InChI is InChI=1S/C16H23ClFN/c1-11(2)12-4-3-8-16(19,9-7-12)14-6-5-13(17)10-15(14)18/h5-6,10-12H,3-4,7-9,19H2,1-2H3. The molecule has 3 heteroatoms. The van der Waals surface area contributed by atoms with Crippen LogP contribution < -0.4 is 5.73 Å². The van der Waals surface area contributed by atoms with Crippen LogP contribution in [0.15, 0.2) is 18.2 Å². The van der Waals surface area contributed by atoms with Gasteiger partial charge in [-0.3, -0.25) is 0 Å². The molecule has 19 heavy (non-hydrogen) atoms. The zero-order valence-corrected chi connectivity index (χ0v) is 12.5. The number of hydrogen-bond acceptors (Lipinski definition) is 1. The maximum atomic E-state index is 14.1. The molecule has 0 amide bonds. The van der Waals surface area contributed by atoms with Gasteiger partial charge in [0.15, 0.2) is 0 Å². The van der Waals surface area contributed by atoms with Crippen LogP contribution in [0.2, 0.25) is 5.02 Å². The van der Waals surface area contributed by atoms with Gasteiger partial charge in [-0.05, 0) is 43.2 Å². The van der Waals surface area contributed by atoms with Crippen LogP contribution in [-0.4, -0.2) is 0 Å². The van der Waals surface area contributed by atoms with E-state index < -0.39 is 5.54 Å². The SMILES string of the molecule is CC(C)C1CCCC(N)(c2ccc(Cl)cc2F)CC1. The summed E-state index contributed by atoms with van der Waals surface area (Å²) in [5, 5.41) is 0.429. The Bertz CT molecular complexity index is 446. The second-order valence-electron chi connectivity index (χ2n) is 6.22. The average Bonchev–Trinajstić information content (AvgIpc) is 2.51. The van der Waals surface area contributed by atoms with Crippen molar-refractivity contribution in [1.82, 2.24) is 0 Å². The number of rotatable bonds is 2. The van der Waals surface area contributed by atoms with Crippen LogP contribution in [0.4, 0.5) is 4.39 Å². The summed E-state index contributed by atoms with van der Waals surface area (Å²) >= 11 is 5.82. The van der Waals surface area contributed by atoms with Crippen molar-refractivity contribution < 1.29 is 4.39 Å². The lowest BCUT2D eigenvalue weighted by atomic mass is 9.82. The first-order valence-corrected chi connectivity index (χ1v) is 7.54. The number of halogens is 2. The van der Waals surface area contributed by atoms with Gasteiger partial charge >= 0.3 is 0 Å². The largest absolute Gasteiger partial charge is 0.321 e. The molecule has 2 rings (SSSR count). The fourth-order valence-electron chi connectivity index (χ4n) is 3.22. The normalized spacial score (nSPS) is 28.4. The topological polar surface area (TPSA) is 26.0 Å². The number of hydrogen-bond donors (Lipinski definition) is 1. The van der Waals surface area contributed by atoms with Crippen LogP contribution >= 0.6 is 11.6 Å². The zero-order valence-electron chi connectivity index (χ0n) is 11.8. The first kappa shape index (κ1) is 14.8. The lowest BCUT2D eigenvalue weighted by Crippen LogP contribution is -2.37. The van der Waals surface area contributed by atoms with Crippen molar-refractivity contribution in [3.63, 3.8) is 0 Å². The molecule has 1 fully saturated rings. The van der Waals surface area contributed by atoms with Gasteiger partial charge < -0.3 is 5.73 Å².